The van der Waals surface area contributed by atoms with Crippen LogP contribution in [-0.4, -0.2) is 49.4 Å². The molecule has 0 fully saturated rings. The highest BCUT2D eigenvalue weighted by Gasteiger charge is 2.38. The Labute approximate surface area is 189 Å². The van der Waals surface area contributed by atoms with Gasteiger partial charge in [0.05, 0.1) is 30.2 Å². The summed E-state index contributed by atoms with van der Waals surface area (Å²) in [5.74, 6) is -1.39. The van der Waals surface area contributed by atoms with Gasteiger partial charge in [0.1, 0.15) is 11.3 Å². The quantitative estimate of drug-likeness (QED) is 0.496. The van der Waals surface area contributed by atoms with Gasteiger partial charge >= 0.3 is 18.9 Å². The summed E-state index contributed by atoms with van der Waals surface area (Å²) in [7, 11) is 0. The van der Waals surface area contributed by atoms with Crippen LogP contribution in [0.1, 0.15) is 22.5 Å². The molecule has 0 radical (unpaired) electrons. The Kier molecular flexibility index (Phi) is 6.96. The third-order valence-electron chi connectivity index (χ3n) is 4.53. The third kappa shape index (κ3) is 5.82. The highest BCUT2D eigenvalue weighted by atomic mass is 19.4. The zero-order valence-corrected chi connectivity index (χ0v) is 17.0. The van der Waals surface area contributed by atoms with Crippen LogP contribution in [0, 0.1) is 0 Å². The summed E-state index contributed by atoms with van der Waals surface area (Å²) in [6.07, 6.45) is -11.2. The topological polar surface area (TPSA) is 102 Å². The lowest BCUT2D eigenvalue weighted by Gasteiger charge is -2.15. The first-order chi connectivity index (χ1) is 16.2. The maximum Gasteiger partial charge on any atom is 0.416 e. The summed E-state index contributed by atoms with van der Waals surface area (Å²) in [6, 6.07) is 4.07. The van der Waals surface area contributed by atoms with Crippen molar-refractivity contribution in [3.05, 3.63) is 64.2 Å². The van der Waals surface area contributed by atoms with E-state index in [-0.39, 0.29) is 21.6 Å². The Morgan fingerprint density at radius 3 is 2.23 bits per heavy atom. The minimum atomic E-state index is -5.07. The van der Waals surface area contributed by atoms with Gasteiger partial charge in [-0.2, -0.15) is 50.0 Å². The van der Waals surface area contributed by atoms with E-state index in [1.165, 1.54) is 0 Å². The number of halogens is 8. The first kappa shape index (κ1) is 25.8. The lowest BCUT2D eigenvalue weighted by molar-refractivity contribution is -0.201. The molecule has 16 heteroatoms. The molecule has 0 saturated heterocycles. The molecule has 0 aliphatic rings. The molecular formula is C19H13F8N5O3. The van der Waals surface area contributed by atoms with E-state index >= 15 is 0 Å². The van der Waals surface area contributed by atoms with Gasteiger partial charge in [0.2, 0.25) is 0 Å². The van der Waals surface area contributed by atoms with Crippen molar-refractivity contribution in [3.63, 3.8) is 0 Å². The second-order valence-electron chi connectivity index (χ2n) is 6.96. The Morgan fingerprint density at radius 2 is 1.71 bits per heavy atom. The number of nitrogens with zero attached hydrogens (tertiary/aromatic N) is 4. The number of rotatable bonds is 6. The van der Waals surface area contributed by atoms with Crippen LogP contribution in [0.4, 0.5) is 35.1 Å². The molecule has 0 aliphatic heterocycles. The van der Waals surface area contributed by atoms with Gasteiger partial charge in [-0.1, -0.05) is 12.1 Å². The molecule has 2 aromatic heterocycles. The number of aromatic nitrogens is 4. The highest BCUT2D eigenvalue weighted by Crippen LogP contribution is 2.30. The molecule has 0 spiro atoms. The average Bonchev–Trinajstić information content (AvgIpc) is 3.26. The Bertz CT molecular complexity index is 1270. The predicted octanol–water partition coefficient (Wildman–Crippen LogP) is 3.16. The summed E-state index contributed by atoms with van der Waals surface area (Å²) in [4.78, 5) is 25.2. The zero-order chi connectivity index (χ0) is 26.1. The monoisotopic (exact) mass is 511 g/mol. The standard InChI is InChI=1S/C19H13F8N5O3/c20-17(21)31-8-11(6-29-31)32-16(35)12(15(34)28-7-14(33)19(25,26)27)5-13(30-32)9-1-3-10(4-2-9)18(22,23)24/h1-6,8,14,17,33H,7H2,(H,28,34). The summed E-state index contributed by atoms with van der Waals surface area (Å²) in [5, 5.41) is 18.0. The lowest BCUT2D eigenvalue weighted by Crippen LogP contribution is -2.42. The first-order valence-corrected chi connectivity index (χ1v) is 9.36. The van der Waals surface area contributed by atoms with Gasteiger partial charge < -0.3 is 10.4 Å². The van der Waals surface area contributed by atoms with E-state index in [4.69, 9.17) is 5.11 Å². The number of carbonyl (C=O) groups excluding carboxylic acids is 1. The second kappa shape index (κ2) is 9.44. The van der Waals surface area contributed by atoms with Crippen LogP contribution in [0.5, 0.6) is 0 Å². The molecule has 0 aliphatic carbocycles. The SMILES string of the molecule is O=C(NCC(O)C(F)(F)F)c1cc(-c2ccc(C(F)(F)F)cc2)nn(-c2cnn(C(F)F)c2)c1=O. The molecule has 1 amide bonds. The fourth-order valence-electron chi connectivity index (χ4n) is 2.75. The first-order valence-electron chi connectivity index (χ1n) is 9.36. The van der Waals surface area contributed by atoms with Crippen LogP contribution in [0.2, 0.25) is 0 Å². The van der Waals surface area contributed by atoms with E-state index < -0.39 is 54.1 Å². The van der Waals surface area contributed by atoms with Gasteiger partial charge in [-0.15, -0.1) is 0 Å². The van der Waals surface area contributed by atoms with Crippen molar-refractivity contribution in [2.45, 2.75) is 25.0 Å². The van der Waals surface area contributed by atoms with Crippen LogP contribution < -0.4 is 10.9 Å². The van der Waals surface area contributed by atoms with Crippen molar-refractivity contribution in [3.8, 4) is 16.9 Å². The molecule has 8 nitrogen and oxygen atoms in total. The van der Waals surface area contributed by atoms with Crippen molar-refractivity contribution < 1.29 is 45.0 Å². The van der Waals surface area contributed by atoms with Crippen LogP contribution in [0.15, 0.2) is 47.5 Å². The average molecular weight is 511 g/mol. The molecule has 2 N–H and O–H groups in total. The molecule has 3 aromatic rings. The van der Waals surface area contributed by atoms with Crippen LogP contribution in [0.3, 0.4) is 0 Å². The fraction of sp³-hybridized carbons (Fsp3) is 0.263. The summed E-state index contributed by atoms with van der Waals surface area (Å²) < 4.78 is 102. The van der Waals surface area contributed by atoms with Gasteiger partial charge in [0, 0.05) is 5.56 Å². The number of amides is 1. The minimum Gasteiger partial charge on any atom is -0.382 e. The zero-order valence-electron chi connectivity index (χ0n) is 17.0. The fourth-order valence-corrected chi connectivity index (χ4v) is 2.75. The van der Waals surface area contributed by atoms with Crippen molar-refractivity contribution >= 4 is 5.91 Å². The number of hydrogen-bond donors (Lipinski definition) is 2. The van der Waals surface area contributed by atoms with E-state index in [9.17, 15) is 44.7 Å². The van der Waals surface area contributed by atoms with Gasteiger partial charge in [0.25, 0.3) is 11.5 Å². The maximum absolute atomic E-state index is 12.9. The van der Waals surface area contributed by atoms with E-state index in [1.807, 2.05) is 0 Å². The number of carbonyl (C=O) groups is 1. The molecule has 1 aromatic carbocycles. The van der Waals surface area contributed by atoms with E-state index in [0.29, 0.717) is 23.0 Å². The van der Waals surface area contributed by atoms with Gasteiger partial charge in [-0.05, 0) is 18.2 Å². The largest absolute Gasteiger partial charge is 0.416 e. The number of nitrogens with one attached hydrogen (secondary N) is 1. The van der Waals surface area contributed by atoms with Gasteiger partial charge in [-0.3, -0.25) is 9.59 Å². The van der Waals surface area contributed by atoms with Crippen LogP contribution in [-0.2, 0) is 6.18 Å². The van der Waals surface area contributed by atoms with Crippen molar-refractivity contribution in [2.75, 3.05) is 6.54 Å². The van der Waals surface area contributed by atoms with Crippen molar-refractivity contribution in [1.29, 1.82) is 0 Å². The number of alkyl halides is 8. The smallest absolute Gasteiger partial charge is 0.382 e. The van der Waals surface area contributed by atoms with Crippen LogP contribution in [0.25, 0.3) is 16.9 Å². The molecule has 3 rings (SSSR count). The number of hydrogen-bond acceptors (Lipinski definition) is 5. The van der Waals surface area contributed by atoms with Crippen molar-refractivity contribution in [1.82, 2.24) is 24.9 Å². The molecule has 0 bridgehead atoms. The lowest BCUT2D eigenvalue weighted by atomic mass is 10.1. The Morgan fingerprint density at radius 1 is 1.09 bits per heavy atom. The van der Waals surface area contributed by atoms with E-state index in [0.717, 1.165) is 24.4 Å². The second-order valence-corrected chi connectivity index (χ2v) is 6.96. The molecule has 0 saturated carbocycles. The molecular weight excluding hydrogens is 498 g/mol. The minimum absolute atomic E-state index is 0.0441. The van der Waals surface area contributed by atoms with E-state index in [1.54, 1.807) is 5.32 Å². The molecule has 188 valence electrons. The summed E-state index contributed by atoms with van der Waals surface area (Å²) >= 11 is 0. The molecule has 2 heterocycles. The summed E-state index contributed by atoms with van der Waals surface area (Å²) in [5.41, 5.74) is -3.80. The normalized spacial score (nSPS) is 13.2. The number of benzene rings is 1. The molecule has 1 atom stereocenters. The van der Waals surface area contributed by atoms with Crippen molar-refractivity contribution in [2.24, 2.45) is 0 Å². The summed E-state index contributed by atoms with van der Waals surface area (Å²) in [6.45, 7) is -4.42. The highest BCUT2D eigenvalue weighted by molar-refractivity contribution is 5.94. The van der Waals surface area contributed by atoms with Crippen LogP contribution >= 0.6 is 0 Å². The molecule has 1 unspecified atom stereocenters. The number of aliphatic hydroxyl groups is 1. The molecule has 35 heavy (non-hydrogen) atoms. The maximum atomic E-state index is 12.9. The van der Waals surface area contributed by atoms with E-state index in [2.05, 4.69) is 10.2 Å². The predicted molar refractivity (Wildman–Crippen MR) is 102 cm³/mol. The van der Waals surface area contributed by atoms with Gasteiger partial charge in [-0.25, -0.2) is 4.68 Å². The Balaban J connectivity index is 2.08. The Hall–Kier alpha value is -3.82. The number of aliphatic hydroxyl groups excluding tert-OH is 1. The third-order valence-corrected chi connectivity index (χ3v) is 4.53. The van der Waals surface area contributed by atoms with Gasteiger partial charge in [0.15, 0.2) is 6.10 Å².